The molecule has 2 heterocycles. The number of carbonyl (C=O) groups excluding carboxylic acids is 1. The van der Waals surface area contributed by atoms with Crippen LogP contribution >= 0.6 is 15.9 Å². The molecule has 2 N–H and O–H groups in total. The summed E-state index contributed by atoms with van der Waals surface area (Å²) in [4.78, 5) is 12.2. The molecule has 0 spiro atoms. The fourth-order valence-corrected chi connectivity index (χ4v) is 3.41. The van der Waals surface area contributed by atoms with Gasteiger partial charge in [-0.05, 0) is 23.8 Å². The van der Waals surface area contributed by atoms with E-state index in [2.05, 4.69) is 43.8 Å². The quantitative estimate of drug-likeness (QED) is 0.710. The van der Waals surface area contributed by atoms with Crippen molar-refractivity contribution >= 4 is 21.8 Å². The summed E-state index contributed by atoms with van der Waals surface area (Å²) >= 11 is 3.49. The van der Waals surface area contributed by atoms with Gasteiger partial charge in [-0.1, -0.05) is 58.4 Å². The van der Waals surface area contributed by atoms with E-state index in [9.17, 15) is 4.79 Å². The second-order valence-electron chi connectivity index (χ2n) is 5.96. The largest absolute Gasteiger partial charge is 0.347 e. The first-order valence-corrected chi connectivity index (χ1v) is 8.91. The Morgan fingerprint density at radius 3 is 2.80 bits per heavy atom. The van der Waals surface area contributed by atoms with Crippen molar-refractivity contribution in [1.82, 2.24) is 20.4 Å². The van der Waals surface area contributed by atoms with Gasteiger partial charge in [0.1, 0.15) is 11.9 Å². The first-order valence-electron chi connectivity index (χ1n) is 8.12. The van der Waals surface area contributed by atoms with Crippen LogP contribution in [0.1, 0.15) is 22.2 Å². The lowest BCUT2D eigenvalue weighted by Gasteiger charge is -2.25. The van der Waals surface area contributed by atoms with Crippen molar-refractivity contribution in [3.63, 3.8) is 0 Å². The van der Waals surface area contributed by atoms with Gasteiger partial charge in [0, 0.05) is 16.6 Å². The zero-order valence-electron chi connectivity index (χ0n) is 13.4. The Morgan fingerprint density at radius 1 is 1.16 bits per heavy atom. The van der Waals surface area contributed by atoms with Crippen molar-refractivity contribution in [2.45, 2.75) is 12.7 Å². The predicted octanol–water partition coefficient (Wildman–Crippen LogP) is 3.34. The average molecular weight is 397 g/mol. The standard InChI is InChI=1S/C19H17BrN4O/c20-15-8-4-5-13(9-15)11-21-18-12-22-19(25)17-10-16(23-24(17)18)14-6-2-1-3-7-14/h1-10,18,21H,11-12H2,(H,22,25)/t18-/m1/s1. The number of fused-ring (bicyclic) bond motifs is 1. The summed E-state index contributed by atoms with van der Waals surface area (Å²) in [5.74, 6) is -0.0878. The van der Waals surface area contributed by atoms with Crippen LogP contribution in [0, 0.1) is 0 Å². The van der Waals surface area contributed by atoms with Gasteiger partial charge in [0.2, 0.25) is 0 Å². The molecular weight excluding hydrogens is 380 g/mol. The number of halogens is 1. The highest BCUT2D eigenvalue weighted by molar-refractivity contribution is 9.10. The van der Waals surface area contributed by atoms with Gasteiger partial charge in [0.15, 0.2) is 0 Å². The molecule has 0 aliphatic carbocycles. The van der Waals surface area contributed by atoms with Crippen LogP contribution in [0.5, 0.6) is 0 Å². The zero-order chi connectivity index (χ0) is 17.2. The van der Waals surface area contributed by atoms with E-state index in [0.29, 0.717) is 18.8 Å². The lowest BCUT2D eigenvalue weighted by molar-refractivity contribution is 0.0900. The topological polar surface area (TPSA) is 59.0 Å². The number of nitrogens with one attached hydrogen (secondary N) is 2. The maximum Gasteiger partial charge on any atom is 0.269 e. The minimum atomic E-state index is -0.0878. The first kappa shape index (κ1) is 16.1. The fraction of sp³-hybridized carbons (Fsp3) is 0.158. The van der Waals surface area contributed by atoms with Crippen LogP contribution in [0.2, 0.25) is 0 Å². The van der Waals surface area contributed by atoms with Crippen LogP contribution in [0.4, 0.5) is 0 Å². The molecule has 5 nitrogen and oxygen atoms in total. The molecule has 1 atom stereocenters. The number of hydrogen-bond donors (Lipinski definition) is 2. The fourth-order valence-electron chi connectivity index (χ4n) is 2.96. The molecule has 2 aromatic carbocycles. The molecule has 0 bridgehead atoms. The summed E-state index contributed by atoms with van der Waals surface area (Å²) in [6.45, 7) is 1.20. The van der Waals surface area contributed by atoms with Crippen molar-refractivity contribution in [2.75, 3.05) is 6.54 Å². The Bertz CT molecular complexity index is 907. The number of amides is 1. The maximum absolute atomic E-state index is 12.2. The van der Waals surface area contributed by atoms with E-state index in [-0.39, 0.29) is 12.1 Å². The van der Waals surface area contributed by atoms with Gasteiger partial charge in [0.05, 0.1) is 12.2 Å². The summed E-state index contributed by atoms with van der Waals surface area (Å²) in [5, 5.41) is 11.1. The minimum absolute atomic E-state index is 0.0795. The molecule has 6 heteroatoms. The summed E-state index contributed by atoms with van der Waals surface area (Å²) < 4.78 is 2.84. The summed E-state index contributed by atoms with van der Waals surface area (Å²) in [5.41, 5.74) is 3.56. The van der Waals surface area contributed by atoms with E-state index >= 15 is 0 Å². The Hall–Kier alpha value is -2.44. The maximum atomic E-state index is 12.2. The minimum Gasteiger partial charge on any atom is -0.347 e. The molecule has 25 heavy (non-hydrogen) atoms. The van der Waals surface area contributed by atoms with Crippen LogP contribution in [-0.2, 0) is 6.54 Å². The van der Waals surface area contributed by atoms with Crippen molar-refractivity contribution in [3.8, 4) is 11.3 Å². The van der Waals surface area contributed by atoms with E-state index < -0.39 is 0 Å². The molecule has 0 saturated heterocycles. The third-order valence-corrected chi connectivity index (χ3v) is 4.71. The first-order chi connectivity index (χ1) is 12.2. The SMILES string of the molecule is O=C1NC[C@H](NCc2cccc(Br)c2)n2nc(-c3ccccc3)cc21. The second-order valence-corrected chi connectivity index (χ2v) is 6.88. The van der Waals surface area contributed by atoms with E-state index in [4.69, 9.17) is 0 Å². The molecule has 0 saturated carbocycles. The summed E-state index contributed by atoms with van der Waals surface area (Å²) in [6, 6.07) is 19.9. The molecule has 1 aliphatic heterocycles. The molecule has 0 radical (unpaired) electrons. The highest BCUT2D eigenvalue weighted by Crippen LogP contribution is 2.23. The van der Waals surface area contributed by atoms with Gasteiger partial charge < -0.3 is 5.32 Å². The number of rotatable bonds is 4. The molecular formula is C19H17BrN4O. The number of nitrogens with zero attached hydrogens (tertiary/aromatic N) is 2. The molecule has 1 aliphatic rings. The second kappa shape index (κ2) is 6.82. The van der Waals surface area contributed by atoms with Gasteiger partial charge in [-0.2, -0.15) is 5.10 Å². The van der Waals surface area contributed by atoms with Gasteiger partial charge in [-0.3, -0.25) is 10.1 Å². The number of carbonyl (C=O) groups is 1. The highest BCUT2D eigenvalue weighted by Gasteiger charge is 2.27. The molecule has 0 fully saturated rings. The van der Waals surface area contributed by atoms with Crippen LogP contribution in [-0.4, -0.2) is 22.2 Å². The molecule has 1 aromatic heterocycles. The molecule has 4 rings (SSSR count). The third-order valence-electron chi connectivity index (χ3n) is 4.22. The molecule has 1 amide bonds. The van der Waals surface area contributed by atoms with E-state index in [1.54, 1.807) is 4.68 Å². The summed E-state index contributed by atoms with van der Waals surface area (Å²) in [7, 11) is 0. The summed E-state index contributed by atoms with van der Waals surface area (Å²) in [6.07, 6.45) is -0.0795. The normalized spacial score (nSPS) is 16.4. The predicted molar refractivity (Wildman–Crippen MR) is 100 cm³/mol. The lowest BCUT2D eigenvalue weighted by atomic mass is 10.1. The third kappa shape index (κ3) is 3.36. The van der Waals surface area contributed by atoms with Gasteiger partial charge in [-0.15, -0.1) is 0 Å². The van der Waals surface area contributed by atoms with Crippen molar-refractivity contribution in [1.29, 1.82) is 0 Å². The Balaban J connectivity index is 1.59. The smallest absolute Gasteiger partial charge is 0.269 e. The van der Waals surface area contributed by atoms with Crippen molar-refractivity contribution < 1.29 is 4.79 Å². The van der Waals surface area contributed by atoms with Gasteiger partial charge in [0.25, 0.3) is 5.91 Å². The molecule has 126 valence electrons. The Labute approximate surface area is 154 Å². The molecule has 0 unspecified atom stereocenters. The average Bonchev–Trinajstić information content (AvgIpc) is 3.08. The number of hydrogen-bond acceptors (Lipinski definition) is 3. The Morgan fingerprint density at radius 2 is 2.00 bits per heavy atom. The number of benzene rings is 2. The van der Waals surface area contributed by atoms with E-state index in [1.165, 1.54) is 5.56 Å². The zero-order valence-corrected chi connectivity index (χ0v) is 15.0. The van der Waals surface area contributed by atoms with Crippen molar-refractivity contribution in [2.24, 2.45) is 0 Å². The van der Waals surface area contributed by atoms with Gasteiger partial charge in [-0.25, -0.2) is 4.68 Å². The lowest BCUT2D eigenvalue weighted by Crippen LogP contribution is -2.45. The van der Waals surface area contributed by atoms with E-state index in [0.717, 1.165) is 15.7 Å². The van der Waals surface area contributed by atoms with Gasteiger partial charge >= 0.3 is 0 Å². The van der Waals surface area contributed by atoms with Crippen LogP contribution in [0.15, 0.2) is 65.1 Å². The highest BCUT2D eigenvalue weighted by atomic mass is 79.9. The Kier molecular flexibility index (Phi) is 4.38. The van der Waals surface area contributed by atoms with Crippen LogP contribution < -0.4 is 10.6 Å². The van der Waals surface area contributed by atoms with Crippen molar-refractivity contribution in [3.05, 3.63) is 76.4 Å². The van der Waals surface area contributed by atoms with Crippen LogP contribution in [0.3, 0.4) is 0 Å². The molecule has 3 aromatic rings. The number of aromatic nitrogens is 2. The van der Waals surface area contributed by atoms with Crippen LogP contribution in [0.25, 0.3) is 11.3 Å². The van der Waals surface area contributed by atoms with E-state index in [1.807, 2.05) is 48.5 Å². The monoisotopic (exact) mass is 396 g/mol.